The Morgan fingerprint density at radius 2 is 1.95 bits per heavy atom. The highest BCUT2D eigenvalue weighted by Gasteiger charge is 2.59. The maximum absolute atomic E-state index is 12.9. The molecular formula is C20H30O2. The number of hydrogen-bond donors (Lipinski definition) is 1. The minimum absolute atomic E-state index is 0.0810. The second-order valence-electron chi connectivity index (χ2n) is 8.67. The summed E-state index contributed by atoms with van der Waals surface area (Å²) in [7, 11) is 0. The normalized spacial score (nSPS) is 45.0. The van der Waals surface area contributed by atoms with E-state index in [0.717, 1.165) is 25.7 Å². The third kappa shape index (κ3) is 2.06. The van der Waals surface area contributed by atoms with Crippen LogP contribution in [0.5, 0.6) is 0 Å². The molecule has 22 heavy (non-hydrogen) atoms. The molecule has 122 valence electrons. The van der Waals surface area contributed by atoms with Gasteiger partial charge in [0.15, 0.2) is 5.78 Å². The fourth-order valence-corrected chi connectivity index (χ4v) is 5.31. The van der Waals surface area contributed by atoms with Crippen LogP contribution in [-0.4, -0.2) is 17.0 Å². The number of rotatable bonds is 1. The van der Waals surface area contributed by atoms with Gasteiger partial charge in [-0.3, -0.25) is 4.79 Å². The van der Waals surface area contributed by atoms with Crippen LogP contribution in [0.1, 0.15) is 60.3 Å². The van der Waals surface area contributed by atoms with Gasteiger partial charge in [0.2, 0.25) is 0 Å². The quantitative estimate of drug-likeness (QED) is 0.734. The standard InChI is InChI=1S/C20H30O2/c1-12(2)14-11-17(22)20(5)9-8-19(4)15(18(14)20)7-6-13(3)10-16(19)21/h10-12,15,17-18,22H,6-9H2,1-5H3/t15-,17+,18-,19-,20-/m1/s1. The molecule has 3 aliphatic rings. The Kier molecular flexibility index (Phi) is 3.67. The van der Waals surface area contributed by atoms with Crippen molar-refractivity contribution in [3.05, 3.63) is 23.3 Å². The van der Waals surface area contributed by atoms with E-state index in [0.29, 0.717) is 23.5 Å². The molecule has 0 heterocycles. The largest absolute Gasteiger partial charge is 0.388 e. The van der Waals surface area contributed by atoms with E-state index < -0.39 is 0 Å². The second kappa shape index (κ2) is 5.06. The van der Waals surface area contributed by atoms with Crippen molar-refractivity contribution in [1.82, 2.24) is 0 Å². The van der Waals surface area contributed by atoms with E-state index in [4.69, 9.17) is 0 Å². The highest BCUT2D eigenvalue weighted by atomic mass is 16.3. The van der Waals surface area contributed by atoms with Crippen molar-refractivity contribution in [1.29, 1.82) is 0 Å². The summed E-state index contributed by atoms with van der Waals surface area (Å²) in [6.45, 7) is 10.9. The van der Waals surface area contributed by atoms with Gasteiger partial charge in [-0.05, 0) is 56.4 Å². The summed E-state index contributed by atoms with van der Waals surface area (Å²) in [5.41, 5.74) is 2.27. The fourth-order valence-electron chi connectivity index (χ4n) is 5.31. The van der Waals surface area contributed by atoms with Crippen LogP contribution < -0.4 is 0 Å². The first-order chi connectivity index (χ1) is 10.2. The van der Waals surface area contributed by atoms with Gasteiger partial charge in [-0.25, -0.2) is 0 Å². The van der Waals surface area contributed by atoms with Crippen LogP contribution in [0.3, 0.4) is 0 Å². The Hall–Kier alpha value is -0.890. The Morgan fingerprint density at radius 3 is 2.59 bits per heavy atom. The Balaban J connectivity index is 2.07. The van der Waals surface area contributed by atoms with E-state index >= 15 is 0 Å². The lowest BCUT2D eigenvalue weighted by atomic mass is 9.50. The number of allylic oxidation sites excluding steroid dienone is 3. The van der Waals surface area contributed by atoms with Crippen molar-refractivity contribution in [2.45, 2.75) is 66.4 Å². The lowest BCUT2D eigenvalue weighted by Crippen LogP contribution is -2.51. The first-order valence-electron chi connectivity index (χ1n) is 8.81. The molecule has 2 nitrogen and oxygen atoms in total. The Morgan fingerprint density at radius 1 is 1.27 bits per heavy atom. The minimum atomic E-state index is -0.355. The lowest BCUT2D eigenvalue weighted by molar-refractivity contribution is -0.136. The van der Waals surface area contributed by atoms with Crippen LogP contribution in [0.25, 0.3) is 0 Å². The maximum atomic E-state index is 12.9. The van der Waals surface area contributed by atoms with Crippen molar-refractivity contribution in [2.75, 3.05) is 0 Å². The zero-order valence-electron chi connectivity index (χ0n) is 14.6. The predicted octanol–water partition coefficient (Wildman–Crippen LogP) is 4.29. The van der Waals surface area contributed by atoms with Crippen LogP contribution in [0, 0.1) is 28.6 Å². The molecule has 1 fully saturated rings. The summed E-state index contributed by atoms with van der Waals surface area (Å²) in [6, 6.07) is 0. The van der Waals surface area contributed by atoms with Crippen molar-refractivity contribution < 1.29 is 9.90 Å². The molecule has 5 atom stereocenters. The molecule has 0 aromatic carbocycles. The van der Waals surface area contributed by atoms with E-state index in [1.165, 1.54) is 11.1 Å². The third-order valence-corrected chi connectivity index (χ3v) is 6.96. The van der Waals surface area contributed by atoms with E-state index in [1.807, 2.05) is 6.08 Å². The number of ketones is 1. The lowest BCUT2D eigenvalue weighted by Gasteiger charge is -2.53. The van der Waals surface area contributed by atoms with E-state index in [-0.39, 0.29) is 16.9 Å². The molecule has 0 aromatic rings. The molecule has 0 saturated heterocycles. The van der Waals surface area contributed by atoms with Gasteiger partial charge in [-0.15, -0.1) is 0 Å². The van der Waals surface area contributed by atoms with Gasteiger partial charge in [0.1, 0.15) is 0 Å². The van der Waals surface area contributed by atoms with Crippen LogP contribution in [0.2, 0.25) is 0 Å². The molecule has 1 saturated carbocycles. The molecule has 0 bridgehead atoms. The molecule has 0 amide bonds. The van der Waals surface area contributed by atoms with E-state index in [1.54, 1.807) is 0 Å². The molecule has 0 aliphatic heterocycles. The number of fused-ring (bicyclic) bond motifs is 3. The summed E-state index contributed by atoms with van der Waals surface area (Å²) in [5, 5.41) is 10.7. The van der Waals surface area contributed by atoms with Crippen LogP contribution >= 0.6 is 0 Å². The second-order valence-corrected chi connectivity index (χ2v) is 8.67. The van der Waals surface area contributed by atoms with E-state index in [2.05, 4.69) is 40.7 Å². The van der Waals surface area contributed by atoms with Gasteiger partial charge in [0, 0.05) is 10.8 Å². The van der Waals surface area contributed by atoms with Gasteiger partial charge < -0.3 is 5.11 Å². The number of aliphatic hydroxyl groups excluding tert-OH is 1. The Bertz CT molecular complexity index is 556. The first-order valence-corrected chi connectivity index (χ1v) is 8.81. The third-order valence-electron chi connectivity index (χ3n) is 6.96. The molecule has 0 aromatic heterocycles. The monoisotopic (exact) mass is 302 g/mol. The molecule has 2 heteroatoms. The first kappa shape index (κ1) is 16.0. The minimum Gasteiger partial charge on any atom is -0.388 e. The molecule has 3 aliphatic carbocycles. The molecule has 0 radical (unpaired) electrons. The summed E-state index contributed by atoms with van der Waals surface area (Å²) >= 11 is 0. The van der Waals surface area contributed by atoms with Gasteiger partial charge >= 0.3 is 0 Å². The zero-order valence-corrected chi connectivity index (χ0v) is 14.6. The molecule has 0 spiro atoms. The Labute approximate surface area is 134 Å². The topological polar surface area (TPSA) is 37.3 Å². The van der Waals surface area contributed by atoms with Crippen LogP contribution in [0.4, 0.5) is 0 Å². The predicted molar refractivity (Wildman–Crippen MR) is 89.4 cm³/mol. The molecule has 1 N–H and O–H groups in total. The summed E-state index contributed by atoms with van der Waals surface area (Å²) in [4.78, 5) is 12.9. The van der Waals surface area contributed by atoms with Gasteiger partial charge in [0.05, 0.1) is 6.10 Å². The van der Waals surface area contributed by atoms with Crippen molar-refractivity contribution in [3.63, 3.8) is 0 Å². The molecule has 3 rings (SSSR count). The molecular weight excluding hydrogens is 272 g/mol. The number of hydrogen-bond acceptors (Lipinski definition) is 2. The van der Waals surface area contributed by atoms with Crippen LogP contribution in [-0.2, 0) is 4.79 Å². The van der Waals surface area contributed by atoms with Crippen LogP contribution in [0.15, 0.2) is 23.3 Å². The number of carbonyl (C=O) groups is 1. The van der Waals surface area contributed by atoms with Crippen molar-refractivity contribution in [2.24, 2.45) is 28.6 Å². The summed E-state index contributed by atoms with van der Waals surface area (Å²) < 4.78 is 0. The number of aliphatic hydroxyl groups is 1. The summed E-state index contributed by atoms with van der Waals surface area (Å²) in [5.74, 6) is 1.47. The average Bonchev–Trinajstić information content (AvgIpc) is 2.64. The van der Waals surface area contributed by atoms with Gasteiger partial charge in [-0.2, -0.15) is 0 Å². The highest BCUT2D eigenvalue weighted by Crippen LogP contribution is 2.63. The average molecular weight is 302 g/mol. The van der Waals surface area contributed by atoms with E-state index in [9.17, 15) is 9.90 Å². The molecule has 0 unspecified atom stereocenters. The zero-order chi connectivity index (χ0) is 16.3. The SMILES string of the molecule is CC1=CC(=O)[C@]2(C)CC[C@@]3(C)[C@H](C(C(C)C)=C[C@@H]3O)[C@H]2CC1. The van der Waals surface area contributed by atoms with Gasteiger partial charge in [0.25, 0.3) is 0 Å². The smallest absolute Gasteiger partial charge is 0.161 e. The highest BCUT2D eigenvalue weighted by molar-refractivity contribution is 5.95. The maximum Gasteiger partial charge on any atom is 0.161 e. The fraction of sp³-hybridized carbons (Fsp3) is 0.750. The number of carbonyl (C=O) groups excluding carboxylic acids is 1. The van der Waals surface area contributed by atoms with Crippen molar-refractivity contribution in [3.8, 4) is 0 Å². The summed E-state index contributed by atoms with van der Waals surface area (Å²) in [6.07, 6.45) is 7.58. The van der Waals surface area contributed by atoms with Gasteiger partial charge in [-0.1, -0.05) is 44.9 Å². The van der Waals surface area contributed by atoms with Crippen molar-refractivity contribution >= 4 is 5.78 Å².